The van der Waals surface area contributed by atoms with Crippen LogP contribution in [0.3, 0.4) is 0 Å². The highest BCUT2D eigenvalue weighted by Gasteiger charge is 2.90. The Bertz CT molecular complexity index is 625. The highest BCUT2D eigenvalue weighted by Crippen LogP contribution is 2.60. The van der Waals surface area contributed by atoms with Gasteiger partial charge >= 0.3 is 35.8 Å². The molecule has 5 nitrogen and oxygen atoms in total. The van der Waals surface area contributed by atoms with Gasteiger partial charge in [0.15, 0.2) is 0 Å². The molecule has 198 valence electrons. The summed E-state index contributed by atoms with van der Waals surface area (Å²) in [5.74, 6) is -38.8. The molecule has 0 unspecified atom stereocenters. The second kappa shape index (κ2) is 11.2. The molecule has 0 aliphatic rings. The lowest BCUT2D eigenvalue weighted by molar-refractivity contribution is -0.440. The lowest BCUT2D eigenvalue weighted by Gasteiger charge is -2.39. The molecule has 0 aliphatic carbocycles. The summed E-state index contributed by atoms with van der Waals surface area (Å²) in [5.41, 5.74) is 0. The van der Waals surface area contributed by atoms with E-state index in [1.807, 2.05) is 0 Å². The summed E-state index contributed by atoms with van der Waals surface area (Å²) >= 11 is 0. The molecule has 0 fully saturated rings. The van der Waals surface area contributed by atoms with Crippen LogP contribution in [0.2, 0.25) is 0 Å². The normalized spacial score (nSPS) is 14.5. The number of amides is 1. The number of halogens is 13. The van der Waals surface area contributed by atoms with Crippen molar-refractivity contribution >= 4 is 5.91 Å². The summed E-state index contributed by atoms with van der Waals surface area (Å²) in [6, 6.07) is 0. The van der Waals surface area contributed by atoms with Crippen molar-refractivity contribution in [2.24, 2.45) is 0 Å². The molecule has 33 heavy (non-hydrogen) atoms. The van der Waals surface area contributed by atoms with Gasteiger partial charge in [-0.15, -0.1) is 0 Å². The molecular formula is C15H18F13NO4. The first kappa shape index (κ1) is 31.4. The first-order valence-corrected chi connectivity index (χ1v) is 8.69. The van der Waals surface area contributed by atoms with Crippen LogP contribution < -0.4 is 5.32 Å². The van der Waals surface area contributed by atoms with Crippen LogP contribution in [0.25, 0.3) is 0 Å². The van der Waals surface area contributed by atoms with Gasteiger partial charge in [-0.25, -0.2) is 0 Å². The van der Waals surface area contributed by atoms with Gasteiger partial charge in [0.1, 0.15) is 0 Å². The summed E-state index contributed by atoms with van der Waals surface area (Å²) in [7, 11) is 0. The Labute approximate surface area is 177 Å². The van der Waals surface area contributed by atoms with Crippen LogP contribution in [-0.4, -0.2) is 86.4 Å². The van der Waals surface area contributed by atoms with E-state index in [1.54, 1.807) is 5.32 Å². The van der Waals surface area contributed by atoms with Crippen molar-refractivity contribution in [1.29, 1.82) is 0 Å². The van der Waals surface area contributed by atoms with Gasteiger partial charge in [-0.3, -0.25) is 4.79 Å². The SMILES string of the molecule is O=C(CCC(F)(F)C(F)(F)C(F)(F)C(F)(F)C(F)(F)C(F)(F)F)NCCOCCOCCO. The third-order valence-electron chi connectivity index (χ3n) is 3.84. The molecule has 2 N–H and O–H groups in total. The number of alkyl halides is 13. The Morgan fingerprint density at radius 1 is 0.667 bits per heavy atom. The Balaban J connectivity index is 5.03. The number of hydrogen-bond acceptors (Lipinski definition) is 4. The molecule has 0 spiro atoms. The van der Waals surface area contributed by atoms with E-state index >= 15 is 0 Å². The van der Waals surface area contributed by atoms with Gasteiger partial charge in [0.2, 0.25) is 5.91 Å². The summed E-state index contributed by atoms with van der Waals surface area (Å²) in [6.45, 7) is -1.01. The highest BCUT2D eigenvalue weighted by molar-refractivity contribution is 5.75. The van der Waals surface area contributed by atoms with Crippen molar-refractivity contribution in [1.82, 2.24) is 5.32 Å². The number of carbonyl (C=O) groups excluding carboxylic acids is 1. The van der Waals surface area contributed by atoms with Crippen LogP contribution in [0.4, 0.5) is 57.1 Å². The fourth-order valence-electron chi connectivity index (χ4n) is 1.97. The molecule has 0 saturated heterocycles. The van der Waals surface area contributed by atoms with E-state index in [2.05, 4.69) is 0 Å². The lowest BCUT2D eigenvalue weighted by atomic mass is 9.92. The number of nitrogens with one attached hydrogen (secondary N) is 1. The van der Waals surface area contributed by atoms with E-state index in [4.69, 9.17) is 14.6 Å². The van der Waals surface area contributed by atoms with Crippen molar-refractivity contribution in [3.8, 4) is 0 Å². The van der Waals surface area contributed by atoms with Gasteiger partial charge in [0.05, 0.1) is 33.0 Å². The fourth-order valence-corrected chi connectivity index (χ4v) is 1.97. The van der Waals surface area contributed by atoms with Gasteiger partial charge in [0.25, 0.3) is 0 Å². The first-order valence-electron chi connectivity index (χ1n) is 8.69. The molecule has 0 aliphatic heterocycles. The maximum Gasteiger partial charge on any atom is 0.460 e. The molecule has 0 bridgehead atoms. The molecule has 0 aromatic carbocycles. The van der Waals surface area contributed by atoms with E-state index in [1.165, 1.54) is 0 Å². The van der Waals surface area contributed by atoms with Gasteiger partial charge in [-0.05, 0) is 0 Å². The molecule has 0 heterocycles. The topological polar surface area (TPSA) is 67.8 Å². The second-order valence-electron chi connectivity index (χ2n) is 6.30. The molecule has 0 atom stereocenters. The zero-order valence-electron chi connectivity index (χ0n) is 16.2. The fraction of sp³-hybridized carbons (Fsp3) is 0.933. The largest absolute Gasteiger partial charge is 0.460 e. The predicted molar refractivity (Wildman–Crippen MR) is 81.8 cm³/mol. The summed E-state index contributed by atoms with van der Waals surface area (Å²) < 4.78 is 178. The number of hydrogen-bond donors (Lipinski definition) is 2. The summed E-state index contributed by atoms with van der Waals surface area (Å²) in [6.07, 6.45) is -11.8. The highest BCUT2D eigenvalue weighted by atomic mass is 19.4. The van der Waals surface area contributed by atoms with Crippen molar-refractivity contribution in [2.45, 2.75) is 48.6 Å². The maximum atomic E-state index is 13.5. The second-order valence-corrected chi connectivity index (χ2v) is 6.30. The maximum absolute atomic E-state index is 13.5. The van der Waals surface area contributed by atoms with E-state index in [-0.39, 0.29) is 33.0 Å². The minimum atomic E-state index is -7.97. The lowest BCUT2D eigenvalue weighted by Crippen LogP contribution is -2.70. The predicted octanol–water partition coefficient (Wildman–Crippen LogP) is 3.65. The smallest absolute Gasteiger partial charge is 0.394 e. The number of ether oxygens (including phenoxy) is 2. The molecule has 18 heteroatoms. The summed E-state index contributed by atoms with van der Waals surface area (Å²) in [4.78, 5) is 11.3. The zero-order valence-corrected chi connectivity index (χ0v) is 16.2. The van der Waals surface area contributed by atoms with Gasteiger partial charge in [0, 0.05) is 19.4 Å². The molecule has 0 rings (SSSR count). The number of rotatable bonds is 15. The van der Waals surface area contributed by atoms with Crippen molar-refractivity contribution in [3.05, 3.63) is 0 Å². The Hall–Kier alpha value is -1.56. The van der Waals surface area contributed by atoms with Gasteiger partial charge < -0.3 is 19.9 Å². The Morgan fingerprint density at radius 2 is 1.12 bits per heavy atom. The molecule has 0 aromatic rings. The first-order chi connectivity index (χ1) is 14.7. The van der Waals surface area contributed by atoms with Crippen LogP contribution in [0.5, 0.6) is 0 Å². The number of carbonyl (C=O) groups is 1. The van der Waals surface area contributed by atoms with Crippen LogP contribution in [0.15, 0.2) is 0 Å². The quantitative estimate of drug-likeness (QED) is 0.254. The minimum absolute atomic E-state index is 0.00222. The van der Waals surface area contributed by atoms with Crippen LogP contribution in [-0.2, 0) is 14.3 Å². The third kappa shape index (κ3) is 6.97. The van der Waals surface area contributed by atoms with Crippen molar-refractivity contribution < 1.29 is 76.5 Å². The van der Waals surface area contributed by atoms with Crippen molar-refractivity contribution in [3.63, 3.8) is 0 Å². The minimum Gasteiger partial charge on any atom is -0.394 e. The molecule has 0 saturated carbocycles. The van der Waals surface area contributed by atoms with E-state index in [0.29, 0.717) is 0 Å². The van der Waals surface area contributed by atoms with Crippen molar-refractivity contribution in [2.75, 3.05) is 39.6 Å². The number of aliphatic hydroxyl groups excluding tert-OH is 1. The average Bonchev–Trinajstić information content (AvgIpc) is 2.67. The molecule has 0 radical (unpaired) electrons. The molecule has 1 amide bonds. The Kier molecular flexibility index (Phi) is 10.7. The van der Waals surface area contributed by atoms with E-state index in [0.717, 1.165) is 0 Å². The van der Waals surface area contributed by atoms with Crippen LogP contribution in [0.1, 0.15) is 12.8 Å². The van der Waals surface area contributed by atoms with E-state index < -0.39 is 61.1 Å². The number of aliphatic hydroxyl groups is 1. The zero-order chi connectivity index (χ0) is 26.4. The van der Waals surface area contributed by atoms with Gasteiger partial charge in [-0.1, -0.05) is 0 Å². The molecule has 0 aromatic heterocycles. The Morgan fingerprint density at radius 3 is 1.58 bits per heavy atom. The van der Waals surface area contributed by atoms with E-state index in [9.17, 15) is 61.9 Å². The summed E-state index contributed by atoms with van der Waals surface area (Å²) in [5, 5.41) is 10.2. The van der Waals surface area contributed by atoms with Crippen LogP contribution >= 0.6 is 0 Å². The third-order valence-corrected chi connectivity index (χ3v) is 3.84. The molecular weight excluding hydrogens is 505 g/mol. The standard InChI is InChI=1S/C15H18F13NO4/c16-10(17,2-1-9(31)29-3-5-32-7-8-33-6-4-30)11(18,19)12(20,21)13(22,23)14(24,25)15(26,27)28/h30H,1-8H2,(H,29,31). The average molecular weight is 523 g/mol. The van der Waals surface area contributed by atoms with Crippen LogP contribution in [0, 0.1) is 0 Å². The monoisotopic (exact) mass is 523 g/mol. The van der Waals surface area contributed by atoms with Gasteiger partial charge in [-0.2, -0.15) is 57.1 Å².